The summed E-state index contributed by atoms with van der Waals surface area (Å²) in [5.74, 6) is -2.49. The first-order valence-corrected chi connectivity index (χ1v) is 11.4. The van der Waals surface area contributed by atoms with Crippen molar-refractivity contribution in [3.8, 4) is 0 Å². The highest BCUT2D eigenvalue weighted by atomic mass is 16.5. The van der Waals surface area contributed by atoms with E-state index in [1.807, 2.05) is 0 Å². The van der Waals surface area contributed by atoms with Crippen LogP contribution in [0.5, 0.6) is 0 Å². The summed E-state index contributed by atoms with van der Waals surface area (Å²) in [7, 11) is 6.91. The largest absolute Gasteiger partial charge is 0.481 e. The number of nitrogens with two attached hydrogens (primary N) is 2. The quantitative estimate of drug-likeness (QED) is 0.219. The van der Waals surface area contributed by atoms with Crippen molar-refractivity contribution in [1.82, 2.24) is 18.3 Å². The first-order chi connectivity index (χ1) is 18.9. The Morgan fingerprint density at radius 2 is 1.39 bits per heavy atom. The lowest BCUT2D eigenvalue weighted by molar-refractivity contribution is -0.142. The van der Waals surface area contributed by atoms with E-state index in [0.717, 1.165) is 13.7 Å². The number of aliphatic imine (C=N–C) groups is 1. The van der Waals surface area contributed by atoms with Crippen LogP contribution in [0.3, 0.4) is 0 Å². The summed E-state index contributed by atoms with van der Waals surface area (Å²) < 4.78 is 8.52. The van der Waals surface area contributed by atoms with Gasteiger partial charge in [-0.05, 0) is 5.57 Å². The lowest BCUT2D eigenvalue weighted by Gasteiger charge is -2.07. The summed E-state index contributed by atoms with van der Waals surface area (Å²) in [5, 5.41) is 16.9. The lowest BCUT2D eigenvalue weighted by Crippen LogP contribution is -2.39. The molecule has 0 atom stereocenters. The summed E-state index contributed by atoms with van der Waals surface area (Å²) in [4.78, 5) is 81.2. The maximum atomic E-state index is 12.0. The van der Waals surface area contributed by atoms with Crippen LogP contribution in [0, 0.1) is 0 Å². The number of carbonyl (C=O) groups is 3. The first kappa shape index (κ1) is 33.5. The van der Waals surface area contributed by atoms with Crippen LogP contribution >= 0.6 is 0 Å². The van der Waals surface area contributed by atoms with Gasteiger partial charge in [-0.1, -0.05) is 13.2 Å². The number of hydrogen-bond donors (Lipinski definition) is 4. The topological polar surface area (TPSA) is 253 Å². The Bertz CT molecular complexity index is 1670. The molecule has 3 rings (SSSR count). The van der Waals surface area contributed by atoms with E-state index in [4.69, 9.17) is 21.7 Å². The Morgan fingerprint density at radius 3 is 1.88 bits per heavy atom. The van der Waals surface area contributed by atoms with Gasteiger partial charge in [0.05, 0.1) is 31.2 Å². The predicted octanol–water partition coefficient (Wildman–Crippen LogP) is -1.82. The number of nitrogens with zero attached hydrogens (tertiary/aromatic N) is 5. The van der Waals surface area contributed by atoms with E-state index >= 15 is 0 Å². The Kier molecular flexibility index (Phi) is 11.1. The minimum atomic E-state index is -1.18. The molecular formula is C24H31N7O10. The van der Waals surface area contributed by atoms with Crippen LogP contribution in [0.2, 0.25) is 0 Å². The van der Waals surface area contributed by atoms with Gasteiger partial charge in [0.1, 0.15) is 17.3 Å². The number of aliphatic carboxylic acids is 2. The molecule has 0 spiro atoms. The van der Waals surface area contributed by atoms with Crippen LogP contribution in [0.1, 0.15) is 18.4 Å². The zero-order valence-corrected chi connectivity index (χ0v) is 23.1. The van der Waals surface area contributed by atoms with Gasteiger partial charge < -0.3 is 26.4 Å². The van der Waals surface area contributed by atoms with E-state index in [2.05, 4.69) is 22.9 Å². The number of carboxylic acid groups (broad SMARTS) is 2. The fraction of sp³-hybridized carbons (Fsp3) is 0.333. The second-order valence-electron chi connectivity index (χ2n) is 8.58. The third kappa shape index (κ3) is 7.78. The van der Waals surface area contributed by atoms with Gasteiger partial charge in [0, 0.05) is 40.2 Å². The Morgan fingerprint density at radius 1 is 0.878 bits per heavy atom. The zero-order chi connectivity index (χ0) is 31.9. The average molecular weight is 578 g/mol. The number of fused-ring (bicyclic) bond motifs is 1. The highest BCUT2D eigenvalue weighted by Crippen LogP contribution is 2.24. The molecule has 1 aliphatic rings. The minimum Gasteiger partial charge on any atom is -0.481 e. The molecule has 0 aromatic carbocycles. The summed E-state index contributed by atoms with van der Waals surface area (Å²) in [6.07, 6.45) is -0.283. The van der Waals surface area contributed by atoms with Crippen molar-refractivity contribution in [2.24, 2.45) is 33.2 Å². The standard InChI is InChI=1S/C12H13N3O4.C6H10N4O2.C6H8O4/c1-6(4-9(16)17)8-5-7-10(13-8)14(2)12(19)15(3)11(7)18;1-9-4(8)3(7)5(11)10(2)6(9)12;1-4(6(8)9)3-5(7)10-2/h1,4-5H2,2-3H3,(H,16,17);7-8H2,1-2H3;1,3H2,2H3,(H,8,9). The van der Waals surface area contributed by atoms with Gasteiger partial charge in [0.2, 0.25) is 0 Å². The van der Waals surface area contributed by atoms with Gasteiger partial charge in [-0.25, -0.2) is 19.4 Å². The van der Waals surface area contributed by atoms with Crippen molar-refractivity contribution < 1.29 is 29.3 Å². The molecular weight excluding hydrogens is 546 g/mol. The highest BCUT2D eigenvalue weighted by molar-refractivity contribution is 6.07. The van der Waals surface area contributed by atoms with Gasteiger partial charge in [0.25, 0.3) is 11.1 Å². The van der Waals surface area contributed by atoms with Crippen LogP contribution in [0.4, 0.5) is 17.3 Å². The molecule has 0 unspecified atom stereocenters. The average Bonchev–Trinajstić information content (AvgIpc) is 3.38. The van der Waals surface area contributed by atoms with Gasteiger partial charge >= 0.3 is 29.3 Å². The fourth-order valence-electron chi connectivity index (χ4n) is 3.23. The van der Waals surface area contributed by atoms with Gasteiger partial charge in [0.15, 0.2) is 0 Å². The number of carboxylic acids is 2. The van der Waals surface area contributed by atoms with E-state index in [1.54, 1.807) is 0 Å². The second kappa shape index (κ2) is 13.5. The molecule has 0 saturated heterocycles. The molecule has 2 aromatic heterocycles. The first-order valence-electron chi connectivity index (χ1n) is 11.4. The minimum absolute atomic E-state index is 0.00287. The molecule has 222 valence electrons. The number of hydrogen-bond acceptors (Lipinski definition) is 11. The van der Waals surface area contributed by atoms with Crippen molar-refractivity contribution in [3.05, 3.63) is 71.5 Å². The number of aromatic nitrogens is 4. The number of ether oxygens (including phenoxy) is 1. The van der Waals surface area contributed by atoms with Crippen LogP contribution < -0.4 is 34.0 Å². The van der Waals surface area contributed by atoms with Crippen LogP contribution in [0.25, 0.3) is 0 Å². The molecule has 0 saturated carbocycles. The lowest BCUT2D eigenvalue weighted by atomic mass is 10.1. The summed E-state index contributed by atoms with van der Waals surface area (Å²) in [6.45, 7) is 6.80. The molecule has 41 heavy (non-hydrogen) atoms. The molecule has 17 nitrogen and oxygen atoms in total. The number of anilines is 2. The Hall–Kier alpha value is -5.48. The molecule has 0 bridgehead atoms. The molecule has 0 aliphatic carbocycles. The van der Waals surface area contributed by atoms with Gasteiger partial charge in [-0.15, -0.1) is 0 Å². The number of esters is 1. The Balaban J connectivity index is 0.000000331. The summed E-state index contributed by atoms with van der Waals surface area (Å²) >= 11 is 0. The van der Waals surface area contributed by atoms with Crippen molar-refractivity contribution in [3.63, 3.8) is 0 Å². The molecule has 2 aromatic rings. The van der Waals surface area contributed by atoms with E-state index < -0.39 is 40.4 Å². The van der Waals surface area contributed by atoms with E-state index in [-0.39, 0.29) is 42.2 Å². The third-order valence-electron chi connectivity index (χ3n) is 5.72. The van der Waals surface area contributed by atoms with Crippen molar-refractivity contribution in [2.75, 3.05) is 18.6 Å². The number of carbonyl (C=O) groups excluding carboxylic acids is 1. The van der Waals surface area contributed by atoms with Gasteiger partial charge in [-0.3, -0.25) is 37.4 Å². The highest BCUT2D eigenvalue weighted by Gasteiger charge is 2.24. The molecule has 6 N–H and O–H groups in total. The zero-order valence-electron chi connectivity index (χ0n) is 23.1. The summed E-state index contributed by atoms with van der Waals surface area (Å²) in [6, 6.07) is 0. The smallest absolute Gasteiger partial charge is 0.332 e. The van der Waals surface area contributed by atoms with Crippen LogP contribution in [-0.2, 0) is 53.7 Å². The van der Waals surface area contributed by atoms with E-state index in [1.165, 1.54) is 39.9 Å². The second-order valence-corrected chi connectivity index (χ2v) is 8.58. The predicted molar refractivity (Wildman–Crippen MR) is 148 cm³/mol. The van der Waals surface area contributed by atoms with Crippen molar-refractivity contribution in [1.29, 1.82) is 0 Å². The summed E-state index contributed by atoms with van der Waals surface area (Å²) in [5.41, 5.74) is 9.73. The molecule has 0 amide bonds. The maximum Gasteiger partial charge on any atom is 0.332 e. The van der Waals surface area contributed by atoms with Crippen LogP contribution in [-0.4, -0.2) is 59.2 Å². The van der Waals surface area contributed by atoms with Gasteiger partial charge in [-0.2, -0.15) is 0 Å². The number of nitrogen functional groups attached to an aromatic ring is 2. The normalized spacial score (nSPS) is 11.1. The van der Waals surface area contributed by atoms with Crippen molar-refractivity contribution >= 4 is 40.9 Å². The van der Waals surface area contributed by atoms with Crippen molar-refractivity contribution in [2.45, 2.75) is 19.3 Å². The third-order valence-corrected chi connectivity index (χ3v) is 5.72. The fourth-order valence-corrected chi connectivity index (χ4v) is 3.23. The molecule has 3 heterocycles. The number of rotatable bonds is 6. The Labute approximate surface area is 231 Å². The number of methoxy groups -OCH3 is 1. The molecule has 0 fully saturated rings. The van der Waals surface area contributed by atoms with E-state index in [9.17, 15) is 33.6 Å². The monoisotopic (exact) mass is 577 g/mol. The molecule has 1 aliphatic heterocycles. The van der Waals surface area contributed by atoms with E-state index in [0.29, 0.717) is 16.8 Å². The SMILES string of the molecule is C=C(CC(=O)O)C1=Nc2c(c(=O)n(C)c(=O)n2C)C1.C=C(CC(=O)OC)C(=O)O.Cn1c(N)c(N)c(=O)n(C)c1=O. The molecule has 17 heteroatoms. The maximum absolute atomic E-state index is 12.0. The molecule has 0 radical (unpaired) electrons. The van der Waals surface area contributed by atoms with Crippen LogP contribution in [0.15, 0.2) is 48.5 Å².